The molecule has 0 aromatic heterocycles. The first-order chi connectivity index (χ1) is 10.3. The number of nitriles is 1. The van der Waals surface area contributed by atoms with Gasteiger partial charge in [0, 0.05) is 12.5 Å². The molecule has 0 radical (unpaired) electrons. The van der Waals surface area contributed by atoms with Gasteiger partial charge in [-0.05, 0) is 37.0 Å². The number of hydrogen-bond acceptors (Lipinski definition) is 3. The quantitative estimate of drug-likeness (QED) is 0.855. The Bertz CT molecular complexity index is 438. The monoisotopic (exact) mass is 345 g/mol. The number of carbonyl (C=O) groups excluding carboxylic acids is 1. The first kappa shape index (κ1) is 20.2. The number of alkyl halides is 1. The van der Waals surface area contributed by atoms with Crippen LogP contribution in [0.5, 0.6) is 0 Å². The maximum atomic E-state index is 13.4. The van der Waals surface area contributed by atoms with E-state index >= 15 is 0 Å². The Morgan fingerprint density at radius 1 is 1.30 bits per heavy atom. The lowest BCUT2D eigenvalue weighted by Crippen LogP contribution is -2.45. The molecule has 2 atom stereocenters. The number of halogens is 2. The van der Waals surface area contributed by atoms with Gasteiger partial charge in [0.25, 0.3) is 0 Å². The van der Waals surface area contributed by atoms with E-state index < -0.39 is 12.2 Å². The molecule has 2 unspecified atom stereocenters. The second kappa shape index (κ2) is 8.30. The summed E-state index contributed by atoms with van der Waals surface area (Å²) in [5.41, 5.74) is 0.354. The third kappa shape index (κ3) is 5.32. The summed E-state index contributed by atoms with van der Waals surface area (Å²) in [7, 11) is 0. The van der Waals surface area contributed by atoms with Crippen LogP contribution in [0, 0.1) is 22.7 Å². The Morgan fingerprint density at radius 2 is 1.91 bits per heavy atom. The van der Waals surface area contributed by atoms with Crippen LogP contribution in [0.1, 0.15) is 52.9 Å². The molecule has 6 heteroatoms. The molecule has 1 saturated heterocycles. The number of rotatable bonds is 3. The van der Waals surface area contributed by atoms with Crippen molar-refractivity contribution in [3.8, 4) is 6.07 Å². The molecule has 2 rings (SSSR count). The zero-order valence-corrected chi connectivity index (χ0v) is 15.2. The molecule has 1 heterocycles. The smallest absolute Gasteiger partial charge is 0.237 e. The van der Waals surface area contributed by atoms with Crippen LogP contribution < -0.4 is 5.32 Å². The fourth-order valence-electron chi connectivity index (χ4n) is 3.68. The van der Waals surface area contributed by atoms with Gasteiger partial charge in [0.1, 0.15) is 12.2 Å². The molecule has 1 amide bonds. The molecule has 0 aromatic rings. The molecular formula is C17H29ClFN3O. The van der Waals surface area contributed by atoms with Crippen molar-refractivity contribution < 1.29 is 9.18 Å². The van der Waals surface area contributed by atoms with Gasteiger partial charge >= 0.3 is 0 Å². The molecule has 1 aliphatic heterocycles. The zero-order chi connectivity index (χ0) is 16.3. The third-order valence-corrected chi connectivity index (χ3v) is 5.21. The summed E-state index contributed by atoms with van der Waals surface area (Å²) in [6.45, 7) is 7.15. The van der Waals surface area contributed by atoms with Crippen LogP contribution in [0.2, 0.25) is 0 Å². The van der Waals surface area contributed by atoms with Gasteiger partial charge in [-0.25, -0.2) is 4.39 Å². The van der Waals surface area contributed by atoms with Crippen molar-refractivity contribution in [1.82, 2.24) is 10.2 Å². The number of likely N-dealkylation sites (tertiary alicyclic amines) is 1. The number of amides is 1. The van der Waals surface area contributed by atoms with Crippen LogP contribution in [0.25, 0.3) is 0 Å². The van der Waals surface area contributed by atoms with Crippen LogP contribution >= 0.6 is 12.4 Å². The van der Waals surface area contributed by atoms with E-state index in [2.05, 4.69) is 26.1 Å². The minimum atomic E-state index is -1.06. The van der Waals surface area contributed by atoms with Crippen LogP contribution in [-0.2, 0) is 4.79 Å². The van der Waals surface area contributed by atoms with E-state index in [0.29, 0.717) is 11.5 Å². The maximum absolute atomic E-state index is 13.4. The van der Waals surface area contributed by atoms with Crippen molar-refractivity contribution in [1.29, 1.82) is 5.26 Å². The third-order valence-electron chi connectivity index (χ3n) is 5.21. The lowest BCUT2D eigenvalue weighted by Gasteiger charge is -2.37. The summed E-state index contributed by atoms with van der Waals surface area (Å²) in [5.74, 6) is 0.597. The molecule has 0 spiro atoms. The summed E-state index contributed by atoms with van der Waals surface area (Å²) in [6.07, 6.45) is 3.64. The Morgan fingerprint density at radius 3 is 2.43 bits per heavy atom. The molecule has 1 aliphatic carbocycles. The van der Waals surface area contributed by atoms with Gasteiger partial charge in [-0.15, -0.1) is 12.4 Å². The first-order valence-electron chi connectivity index (χ1n) is 8.37. The fourth-order valence-corrected chi connectivity index (χ4v) is 3.68. The summed E-state index contributed by atoms with van der Waals surface area (Å²) >= 11 is 0. The standard InChI is InChI=1S/C17H28FN3O.ClH/c1-17(2,3)12-4-6-14(7-5-12)20-10-16(22)21-11-13(18)8-15(21)9-19;/h12-15,20H,4-8,10-11H2,1-3H3;1H. The summed E-state index contributed by atoms with van der Waals surface area (Å²) in [6, 6.07) is 1.79. The van der Waals surface area contributed by atoms with E-state index in [0.717, 1.165) is 18.8 Å². The average Bonchev–Trinajstić information content (AvgIpc) is 2.85. The molecule has 23 heavy (non-hydrogen) atoms. The van der Waals surface area contributed by atoms with Crippen molar-refractivity contribution in [2.45, 2.75) is 71.1 Å². The van der Waals surface area contributed by atoms with E-state index in [-0.39, 0.29) is 37.8 Å². The van der Waals surface area contributed by atoms with Crippen molar-refractivity contribution >= 4 is 18.3 Å². The summed E-state index contributed by atoms with van der Waals surface area (Å²) < 4.78 is 13.4. The maximum Gasteiger partial charge on any atom is 0.237 e. The van der Waals surface area contributed by atoms with Gasteiger partial charge < -0.3 is 10.2 Å². The largest absolute Gasteiger partial charge is 0.323 e. The fraction of sp³-hybridized carbons (Fsp3) is 0.882. The van der Waals surface area contributed by atoms with E-state index in [4.69, 9.17) is 5.26 Å². The Kier molecular flexibility index (Phi) is 7.29. The Hall–Kier alpha value is -0.860. The van der Waals surface area contributed by atoms with Crippen molar-refractivity contribution in [2.24, 2.45) is 11.3 Å². The van der Waals surface area contributed by atoms with E-state index in [9.17, 15) is 9.18 Å². The first-order valence-corrected chi connectivity index (χ1v) is 8.37. The second-order valence-corrected chi connectivity index (χ2v) is 7.82. The lowest BCUT2D eigenvalue weighted by atomic mass is 9.71. The molecule has 2 fully saturated rings. The Balaban J connectivity index is 0.00000264. The molecule has 2 aliphatic rings. The number of hydrogen-bond donors (Lipinski definition) is 1. The van der Waals surface area contributed by atoms with E-state index in [1.807, 2.05) is 6.07 Å². The highest BCUT2D eigenvalue weighted by Crippen LogP contribution is 2.37. The average molecular weight is 346 g/mol. The predicted molar refractivity (Wildman–Crippen MR) is 91.1 cm³/mol. The Labute approximate surface area is 145 Å². The molecule has 0 aromatic carbocycles. The second-order valence-electron chi connectivity index (χ2n) is 7.82. The molecule has 1 N–H and O–H groups in total. The zero-order valence-electron chi connectivity index (χ0n) is 14.3. The van der Waals surface area contributed by atoms with Crippen LogP contribution in [-0.4, -0.2) is 42.2 Å². The highest BCUT2D eigenvalue weighted by Gasteiger charge is 2.35. The molecule has 4 nitrogen and oxygen atoms in total. The highest BCUT2D eigenvalue weighted by atomic mass is 35.5. The van der Waals surface area contributed by atoms with Gasteiger partial charge in [0.05, 0.1) is 19.2 Å². The molecule has 132 valence electrons. The van der Waals surface area contributed by atoms with Crippen LogP contribution in [0.15, 0.2) is 0 Å². The minimum Gasteiger partial charge on any atom is -0.323 e. The molecular weight excluding hydrogens is 317 g/mol. The SMILES string of the molecule is CC(C)(C)C1CCC(NCC(=O)N2CC(F)CC2C#N)CC1.Cl. The molecule has 1 saturated carbocycles. The van der Waals surface area contributed by atoms with Gasteiger partial charge in [-0.2, -0.15) is 5.26 Å². The van der Waals surface area contributed by atoms with Crippen molar-refractivity contribution in [3.63, 3.8) is 0 Å². The van der Waals surface area contributed by atoms with E-state index in [1.165, 1.54) is 17.7 Å². The van der Waals surface area contributed by atoms with Gasteiger partial charge in [-0.1, -0.05) is 20.8 Å². The van der Waals surface area contributed by atoms with Crippen molar-refractivity contribution in [3.05, 3.63) is 0 Å². The van der Waals surface area contributed by atoms with Gasteiger partial charge in [0.2, 0.25) is 5.91 Å². The van der Waals surface area contributed by atoms with Crippen molar-refractivity contribution in [2.75, 3.05) is 13.1 Å². The predicted octanol–water partition coefficient (Wildman–Crippen LogP) is 3.07. The number of nitrogens with one attached hydrogen (secondary N) is 1. The summed E-state index contributed by atoms with van der Waals surface area (Å²) in [4.78, 5) is 13.6. The van der Waals surface area contributed by atoms with Crippen LogP contribution in [0.4, 0.5) is 4.39 Å². The number of nitrogens with zero attached hydrogens (tertiary/aromatic N) is 2. The number of carbonyl (C=O) groups is 1. The highest BCUT2D eigenvalue weighted by molar-refractivity contribution is 5.85. The van der Waals surface area contributed by atoms with Gasteiger partial charge in [0.15, 0.2) is 0 Å². The normalized spacial score (nSPS) is 31.3. The topological polar surface area (TPSA) is 56.1 Å². The summed E-state index contributed by atoms with van der Waals surface area (Å²) in [5, 5.41) is 12.3. The van der Waals surface area contributed by atoms with E-state index in [1.54, 1.807) is 0 Å². The van der Waals surface area contributed by atoms with Gasteiger partial charge in [-0.3, -0.25) is 4.79 Å². The lowest BCUT2D eigenvalue weighted by molar-refractivity contribution is -0.130. The minimum absolute atomic E-state index is 0. The molecule has 0 bridgehead atoms. The van der Waals surface area contributed by atoms with Crippen LogP contribution in [0.3, 0.4) is 0 Å².